The van der Waals surface area contributed by atoms with Crippen LogP contribution >= 0.6 is 15.9 Å². The van der Waals surface area contributed by atoms with Gasteiger partial charge in [-0.3, -0.25) is 4.72 Å². The zero-order valence-corrected chi connectivity index (χ0v) is 12.2. The molecule has 0 radical (unpaired) electrons. The van der Waals surface area contributed by atoms with Crippen molar-refractivity contribution in [1.29, 1.82) is 5.26 Å². The predicted octanol–water partition coefficient (Wildman–Crippen LogP) is 2.66. The number of nitrogens with zero attached hydrogens (tertiary/aromatic N) is 2. The molecule has 0 atom stereocenters. The van der Waals surface area contributed by atoms with Gasteiger partial charge in [-0.2, -0.15) is 5.26 Å². The van der Waals surface area contributed by atoms with Crippen molar-refractivity contribution in [2.24, 2.45) is 0 Å². The maximum absolute atomic E-state index is 13.4. The summed E-state index contributed by atoms with van der Waals surface area (Å²) in [5.74, 6) is -0.885. The van der Waals surface area contributed by atoms with E-state index in [1.165, 1.54) is 18.3 Å². The lowest BCUT2D eigenvalue weighted by Gasteiger charge is -2.09. The van der Waals surface area contributed by atoms with Crippen LogP contribution in [0.1, 0.15) is 5.56 Å². The number of anilines is 1. The van der Waals surface area contributed by atoms with E-state index in [1.807, 2.05) is 0 Å². The number of hydrogen-bond acceptors (Lipinski definition) is 4. The number of pyridine rings is 1. The van der Waals surface area contributed by atoms with E-state index in [0.29, 0.717) is 4.60 Å². The van der Waals surface area contributed by atoms with E-state index in [2.05, 4.69) is 25.6 Å². The van der Waals surface area contributed by atoms with E-state index < -0.39 is 26.3 Å². The van der Waals surface area contributed by atoms with Crippen LogP contribution in [0.3, 0.4) is 0 Å². The van der Waals surface area contributed by atoms with Crippen LogP contribution in [0.2, 0.25) is 0 Å². The van der Waals surface area contributed by atoms with E-state index in [-0.39, 0.29) is 5.69 Å². The van der Waals surface area contributed by atoms with Crippen LogP contribution in [-0.2, 0) is 10.0 Å². The fourth-order valence-electron chi connectivity index (χ4n) is 1.48. The van der Waals surface area contributed by atoms with Gasteiger partial charge in [0.15, 0.2) is 0 Å². The van der Waals surface area contributed by atoms with Crippen LogP contribution in [0.15, 0.2) is 46.0 Å². The highest BCUT2D eigenvalue weighted by Gasteiger charge is 2.21. The van der Waals surface area contributed by atoms with Crippen molar-refractivity contribution in [1.82, 2.24) is 4.98 Å². The quantitative estimate of drug-likeness (QED) is 0.858. The molecule has 0 aliphatic heterocycles. The minimum atomic E-state index is -4.06. The van der Waals surface area contributed by atoms with Gasteiger partial charge < -0.3 is 0 Å². The van der Waals surface area contributed by atoms with Crippen LogP contribution in [0.4, 0.5) is 10.1 Å². The molecule has 1 N–H and O–H groups in total. The third kappa shape index (κ3) is 2.95. The Bertz CT molecular complexity index is 785. The lowest BCUT2D eigenvalue weighted by atomic mass is 10.2. The van der Waals surface area contributed by atoms with Gasteiger partial charge in [0.05, 0.1) is 11.9 Å². The van der Waals surface area contributed by atoms with Gasteiger partial charge in [-0.15, -0.1) is 0 Å². The summed E-state index contributed by atoms with van der Waals surface area (Å²) in [6.45, 7) is 0. The number of sulfonamides is 1. The zero-order valence-electron chi connectivity index (χ0n) is 9.84. The van der Waals surface area contributed by atoms with Crippen molar-refractivity contribution < 1.29 is 12.8 Å². The van der Waals surface area contributed by atoms with Gasteiger partial charge in [0, 0.05) is 0 Å². The van der Waals surface area contributed by atoms with E-state index in [4.69, 9.17) is 5.26 Å². The molecule has 0 fully saturated rings. The zero-order chi connectivity index (χ0) is 14.8. The Labute approximate surface area is 123 Å². The second-order valence-corrected chi connectivity index (χ2v) is 6.16. The molecule has 1 aromatic heterocycles. The van der Waals surface area contributed by atoms with Crippen molar-refractivity contribution in [2.75, 3.05) is 4.72 Å². The van der Waals surface area contributed by atoms with Crippen molar-refractivity contribution in [3.8, 4) is 6.07 Å². The number of nitriles is 1. The van der Waals surface area contributed by atoms with Gasteiger partial charge in [0.2, 0.25) is 0 Å². The molecule has 0 aliphatic carbocycles. The second-order valence-electron chi connectivity index (χ2n) is 3.70. The SMILES string of the molecule is N#Cc1c(F)cccc1S(=O)(=O)Nc1ccc(Br)nc1. The Hall–Kier alpha value is -1.98. The first kappa shape index (κ1) is 14.4. The Morgan fingerprint density at radius 3 is 2.65 bits per heavy atom. The van der Waals surface area contributed by atoms with Gasteiger partial charge in [0.1, 0.15) is 26.9 Å². The normalized spacial score (nSPS) is 10.8. The highest BCUT2D eigenvalue weighted by atomic mass is 79.9. The molecule has 0 aliphatic rings. The third-order valence-corrected chi connectivity index (χ3v) is 4.25. The fourth-order valence-corrected chi connectivity index (χ4v) is 2.93. The summed E-state index contributed by atoms with van der Waals surface area (Å²) in [7, 11) is -4.06. The van der Waals surface area contributed by atoms with Crippen molar-refractivity contribution >= 4 is 31.6 Å². The van der Waals surface area contributed by atoms with Gasteiger partial charge in [0.25, 0.3) is 10.0 Å². The standard InChI is InChI=1S/C12H7BrFN3O2S/c13-12-5-4-8(7-16-12)17-20(18,19)11-3-1-2-10(14)9(11)6-15/h1-5,7,17H. The smallest absolute Gasteiger partial charge is 0.263 e. The molecule has 102 valence electrons. The molecule has 0 amide bonds. The summed E-state index contributed by atoms with van der Waals surface area (Å²) in [5.41, 5.74) is -0.313. The molecule has 5 nitrogen and oxygen atoms in total. The third-order valence-electron chi connectivity index (χ3n) is 2.36. The lowest BCUT2D eigenvalue weighted by molar-refractivity contribution is 0.593. The fraction of sp³-hybridized carbons (Fsp3) is 0. The second kappa shape index (κ2) is 5.56. The number of hydrogen-bond donors (Lipinski definition) is 1. The van der Waals surface area contributed by atoms with Gasteiger partial charge >= 0.3 is 0 Å². The molecule has 1 heterocycles. The first-order chi connectivity index (χ1) is 9.44. The summed E-state index contributed by atoms with van der Waals surface area (Å²) in [6.07, 6.45) is 1.30. The number of nitrogens with one attached hydrogen (secondary N) is 1. The molecule has 2 aromatic rings. The molecule has 0 bridgehead atoms. The monoisotopic (exact) mass is 355 g/mol. The van der Waals surface area contributed by atoms with E-state index in [1.54, 1.807) is 12.1 Å². The number of benzene rings is 1. The summed E-state index contributed by atoms with van der Waals surface area (Å²) >= 11 is 3.12. The molecule has 0 saturated carbocycles. The summed E-state index contributed by atoms with van der Waals surface area (Å²) in [6, 6.07) is 8.00. The average Bonchev–Trinajstić information content (AvgIpc) is 2.41. The van der Waals surface area contributed by atoms with Crippen molar-refractivity contribution in [2.45, 2.75) is 4.90 Å². The molecule has 0 unspecified atom stereocenters. The van der Waals surface area contributed by atoms with E-state index in [0.717, 1.165) is 12.1 Å². The molecule has 20 heavy (non-hydrogen) atoms. The van der Waals surface area contributed by atoms with E-state index >= 15 is 0 Å². The predicted molar refractivity (Wildman–Crippen MR) is 73.9 cm³/mol. The summed E-state index contributed by atoms with van der Waals surface area (Å²) < 4.78 is 40.5. The minimum Gasteiger partial charge on any atom is -0.278 e. The number of halogens is 2. The topological polar surface area (TPSA) is 82.8 Å². The number of rotatable bonds is 3. The maximum Gasteiger partial charge on any atom is 0.263 e. The molecular formula is C12H7BrFN3O2S. The highest BCUT2D eigenvalue weighted by molar-refractivity contribution is 9.10. The van der Waals surface area contributed by atoms with Gasteiger partial charge in [-0.1, -0.05) is 6.07 Å². The summed E-state index contributed by atoms with van der Waals surface area (Å²) in [5, 5.41) is 8.86. The van der Waals surface area contributed by atoms with Crippen LogP contribution in [0, 0.1) is 17.1 Å². The Morgan fingerprint density at radius 2 is 2.05 bits per heavy atom. The Balaban J connectivity index is 2.44. The molecule has 2 rings (SSSR count). The van der Waals surface area contributed by atoms with Crippen LogP contribution in [-0.4, -0.2) is 13.4 Å². The Morgan fingerprint density at radius 1 is 1.30 bits per heavy atom. The number of aromatic nitrogens is 1. The van der Waals surface area contributed by atoms with Crippen LogP contribution in [0.25, 0.3) is 0 Å². The van der Waals surface area contributed by atoms with Crippen LogP contribution < -0.4 is 4.72 Å². The van der Waals surface area contributed by atoms with Crippen molar-refractivity contribution in [3.05, 3.63) is 52.5 Å². The molecule has 0 spiro atoms. The minimum absolute atomic E-state index is 0.210. The average molecular weight is 356 g/mol. The first-order valence-corrected chi connectivity index (χ1v) is 7.54. The molecule has 1 aromatic carbocycles. The lowest BCUT2D eigenvalue weighted by Crippen LogP contribution is -2.15. The Kier molecular flexibility index (Phi) is 4.01. The van der Waals surface area contributed by atoms with E-state index in [9.17, 15) is 12.8 Å². The van der Waals surface area contributed by atoms with Crippen molar-refractivity contribution in [3.63, 3.8) is 0 Å². The molecule has 0 saturated heterocycles. The van der Waals surface area contributed by atoms with Crippen LogP contribution in [0.5, 0.6) is 0 Å². The largest absolute Gasteiger partial charge is 0.278 e. The van der Waals surface area contributed by atoms with Gasteiger partial charge in [-0.25, -0.2) is 17.8 Å². The van der Waals surface area contributed by atoms with Gasteiger partial charge in [-0.05, 0) is 40.2 Å². The highest BCUT2D eigenvalue weighted by Crippen LogP contribution is 2.21. The molecule has 8 heteroatoms. The summed E-state index contributed by atoms with van der Waals surface area (Å²) in [4.78, 5) is 3.45. The first-order valence-electron chi connectivity index (χ1n) is 5.27. The molecular weight excluding hydrogens is 349 g/mol. The maximum atomic E-state index is 13.4.